The Hall–Kier alpha value is -3.90. The van der Waals surface area contributed by atoms with Crippen LogP contribution in [0.4, 0.5) is 33.7 Å². The summed E-state index contributed by atoms with van der Waals surface area (Å²) in [6.07, 6.45) is -3.55. The normalized spacial score (nSPS) is 12.3. The van der Waals surface area contributed by atoms with Gasteiger partial charge in [0.2, 0.25) is 0 Å². The van der Waals surface area contributed by atoms with Gasteiger partial charge in [-0.25, -0.2) is 9.18 Å². The van der Waals surface area contributed by atoms with Gasteiger partial charge in [0.1, 0.15) is 23.0 Å². The van der Waals surface area contributed by atoms with Crippen LogP contribution in [0.25, 0.3) is 0 Å². The van der Waals surface area contributed by atoms with Gasteiger partial charge >= 0.3 is 12.2 Å². The van der Waals surface area contributed by atoms with Gasteiger partial charge < -0.3 is 26.2 Å². The summed E-state index contributed by atoms with van der Waals surface area (Å²) in [5.41, 5.74) is -1.93. The lowest BCUT2D eigenvalue weighted by Gasteiger charge is -2.13. The van der Waals surface area contributed by atoms with Crippen LogP contribution in [-0.2, 0) is 6.18 Å². The van der Waals surface area contributed by atoms with Crippen LogP contribution in [0.2, 0.25) is 5.02 Å². The minimum Gasteiger partial charge on any atom is -0.457 e. The van der Waals surface area contributed by atoms with E-state index in [1.54, 1.807) is 5.32 Å². The summed E-state index contributed by atoms with van der Waals surface area (Å²) in [5, 5.41) is 5.53. The van der Waals surface area contributed by atoms with E-state index in [9.17, 15) is 27.2 Å². The molecule has 13 heteroatoms. The average molecular weight is 504 g/mol. The van der Waals surface area contributed by atoms with Gasteiger partial charge in [-0.15, -0.1) is 0 Å². The van der Waals surface area contributed by atoms with Crippen molar-refractivity contribution >= 4 is 34.9 Å². The summed E-state index contributed by atoms with van der Waals surface area (Å²) in [7, 11) is 0. The highest BCUT2D eigenvalue weighted by atomic mass is 35.5. The first kappa shape index (κ1) is 21.9. The maximum atomic E-state index is 14.5. The molecule has 0 aliphatic heterocycles. The van der Waals surface area contributed by atoms with E-state index in [4.69, 9.17) is 20.5 Å². The molecule has 0 fully saturated rings. The summed E-state index contributed by atoms with van der Waals surface area (Å²) in [4.78, 5) is 27.8. The molecule has 0 spiro atoms. The second-order valence-corrected chi connectivity index (χ2v) is 6.75. The lowest BCUT2D eigenvalue weighted by atomic mass is 10.2. The van der Waals surface area contributed by atoms with Crippen molar-refractivity contribution < 1.29 is 41.5 Å². The Balaban J connectivity index is 0.00000481. The van der Waals surface area contributed by atoms with Crippen LogP contribution in [0, 0.1) is 5.82 Å². The summed E-state index contributed by atoms with van der Waals surface area (Å²) < 4.78 is 80.0. The van der Waals surface area contributed by atoms with E-state index >= 15 is 0 Å². The number of hydrogen-bond donors (Lipinski definition) is 3. The predicted molar refractivity (Wildman–Crippen MR) is 117 cm³/mol. The summed E-state index contributed by atoms with van der Waals surface area (Å²) >= 11 is 5.53. The van der Waals surface area contributed by atoms with E-state index in [0.29, 0.717) is 6.07 Å². The molecule has 3 amide bonds. The number of urea groups is 1. The van der Waals surface area contributed by atoms with Crippen molar-refractivity contribution in [2.45, 2.75) is 6.18 Å². The van der Waals surface area contributed by atoms with Crippen LogP contribution in [-0.4, -0.2) is 29.4 Å². The highest BCUT2D eigenvalue weighted by molar-refractivity contribution is 6.31. The van der Waals surface area contributed by atoms with Gasteiger partial charge in [0.15, 0.2) is 0 Å². The number of hydrogen-bond acceptors (Lipinski definition) is 4. The molecule has 0 saturated carbocycles. The van der Waals surface area contributed by atoms with Crippen molar-refractivity contribution in [3.05, 3.63) is 76.8 Å². The van der Waals surface area contributed by atoms with Gasteiger partial charge in [-0.05, 0) is 36.4 Å². The zero-order chi connectivity index (χ0) is 26.7. The van der Waals surface area contributed by atoms with Gasteiger partial charge in [0, 0.05) is 35.1 Å². The topological polar surface area (TPSA) is 124 Å². The average Bonchev–Trinajstić information content (AvgIpc) is 2.75. The maximum absolute atomic E-state index is 14.5. The first-order chi connectivity index (χ1) is 16.7. The monoisotopic (exact) mass is 503 g/mol. The Labute approximate surface area is 199 Å². The first-order valence-electron chi connectivity index (χ1n) is 10.4. The molecule has 0 radical (unpaired) electrons. The Morgan fingerprint density at radius 3 is 2.47 bits per heavy atom. The molecule has 34 heavy (non-hydrogen) atoms. The van der Waals surface area contributed by atoms with E-state index in [1.807, 2.05) is 0 Å². The number of nitrogens with zero attached hydrogens (tertiary/aromatic N) is 1. The van der Waals surface area contributed by atoms with Crippen molar-refractivity contribution in [2.75, 3.05) is 17.6 Å². The minimum atomic E-state index is -4.73. The SMILES string of the molecule is O.[2H]C([2H])([2H])NC(=O)c1cc(Oc2ccc(NC(=O)Nc3ccc(Cl)c(C(F)(F)F)c3)c(F)c2)ccn1. The third-order valence-electron chi connectivity index (χ3n) is 4.03. The van der Waals surface area contributed by atoms with Crippen molar-refractivity contribution in [3.8, 4) is 11.5 Å². The Kier molecular flexibility index (Phi) is 6.97. The number of nitrogens with one attached hydrogen (secondary N) is 3. The van der Waals surface area contributed by atoms with Gasteiger partial charge in [-0.2, -0.15) is 13.2 Å². The molecular formula is C21H17ClF4N4O4. The number of carbonyl (C=O) groups excluding carboxylic acids is 2. The number of anilines is 2. The largest absolute Gasteiger partial charge is 0.457 e. The van der Waals surface area contributed by atoms with Crippen LogP contribution in [0.1, 0.15) is 20.2 Å². The molecule has 0 atom stereocenters. The Bertz CT molecular complexity index is 1310. The minimum absolute atomic E-state index is 0. The number of rotatable bonds is 5. The van der Waals surface area contributed by atoms with Gasteiger partial charge in [0.05, 0.1) is 16.3 Å². The fraction of sp³-hybridized carbons (Fsp3) is 0.0952. The lowest BCUT2D eigenvalue weighted by Crippen LogP contribution is -2.20. The fourth-order valence-electron chi connectivity index (χ4n) is 2.56. The number of carbonyl (C=O) groups is 2. The molecule has 2 aromatic carbocycles. The molecule has 0 unspecified atom stereocenters. The molecule has 0 aliphatic carbocycles. The Morgan fingerprint density at radius 2 is 1.79 bits per heavy atom. The molecule has 0 bridgehead atoms. The quantitative estimate of drug-likeness (QED) is 0.430. The second-order valence-electron chi connectivity index (χ2n) is 6.35. The van der Waals surface area contributed by atoms with E-state index in [-0.39, 0.29) is 34.0 Å². The number of alkyl halides is 3. The molecule has 5 N–H and O–H groups in total. The van der Waals surface area contributed by atoms with Crippen molar-refractivity contribution in [3.63, 3.8) is 0 Å². The summed E-state index contributed by atoms with van der Waals surface area (Å²) in [5.74, 6) is -1.91. The lowest BCUT2D eigenvalue weighted by molar-refractivity contribution is -0.137. The number of ether oxygens (including phenoxy) is 1. The molecule has 8 nitrogen and oxygen atoms in total. The molecular weight excluding hydrogens is 484 g/mol. The zero-order valence-electron chi connectivity index (χ0n) is 19.8. The third kappa shape index (κ3) is 6.56. The number of amides is 3. The summed E-state index contributed by atoms with van der Waals surface area (Å²) in [6.45, 7) is -2.72. The van der Waals surface area contributed by atoms with Crippen LogP contribution >= 0.6 is 11.6 Å². The van der Waals surface area contributed by atoms with E-state index < -0.39 is 41.5 Å². The number of aromatic nitrogens is 1. The van der Waals surface area contributed by atoms with Crippen LogP contribution in [0.15, 0.2) is 54.7 Å². The van der Waals surface area contributed by atoms with Crippen molar-refractivity contribution in [1.82, 2.24) is 10.3 Å². The predicted octanol–water partition coefficient (Wildman–Crippen LogP) is 4.86. The fourth-order valence-corrected chi connectivity index (χ4v) is 2.79. The molecule has 3 rings (SSSR count). The van der Waals surface area contributed by atoms with Gasteiger partial charge in [0.25, 0.3) is 5.91 Å². The smallest absolute Gasteiger partial charge is 0.417 e. The number of pyridine rings is 1. The van der Waals surface area contributed by atoms with E-state index in [2.05, 4.69) is 15.6 Å². The van der Waals surface area contributed by atoms with E-state index in [1.165, 1.54) is 18.3 Å². The number of benzene rings is 2. The highest BCUT2D eigenvalue weighted by Gasteiger charge is 2.33. The first-order valence-corrected chi connectivity index (χ1v) is 9.30. The Morgan fingerprint density at radius 1 is 1.06 bits per heavy atom. The third-order valence-corrected chi connectivity index (χ3v) is 4.36. The molecule has 0 aliphatic rings. The summed E-state index contributed by atoms with van der Waals surface area (Å²) in [6, 6.07) is 7.51. The molecule has 180 valence electrons. The highest BCUT2D eigenvalue weighted by Crippen LogP contribution is 2.36. The van der Waals surface area contributed by atoms with Crippen molar-refractivity contribution in [1.29, 1.82) is 0 Å². The molecule has 3 aromatic rings. The van der Waals surface area contributed by atoms with Crippen LogP contribution in [0.3, 0.4) is 0 Å². The standard InChI is InChI=1S/C21H15ClF4N4O3.H2O/c1-27-19(31)18-10-13(6-7-28-18)33-12-3-5-17(16(23)9-12)30-20(32)29-11-2-4-15(22)14(8-11)21(24,25)26;/h2-10H,1H3,(H,27,31)(H2,29,30,32);1H2/i1D3;. The van der Waals surface area contributed by atoms with Crippen LogP contribution in [0.5, 0.6) is 11.5 Å². The zero-order valence-corrected chi connectivity index (χ0v) is 17.5. The van der Waals surface area contributed by atoms with E-state index in [0.717, 1.165) is 30.3 Å². The molecule has 0 saturated heterocycles. The van der Waals surface area contributed by atoms with Crippen molar-refractivity contribution in [2.24, 2.45) is 0 Å². The van der Waals surface area contributed by atoms with Crippen LogP contribution < -0.4 is 20.7 Å². The van der Waals surface area contributed by atoms with Gasteiger partial charge in [-0.3, -0.25) is 9.78 Å². The molecule has 1 aromatic heterocycles. The molecule has 1 heterocycles. The second kappa shape index (κ2) is 10.8. The van der Waals surface area contributed by atoms with Gasteiger partial charge in [-0.1, -0.05) is 11.6 Å². The maximum Gasteiger partial charge on any atom is 0.417 e. The number of halogens is 5.